The van der Waals surface area contributed by atoms with Crippen molar-refractivity contribution >= 4 is 16.8 Å². The topological polar surface area (TPSA) is 41.7 Å². The highest BCUT2D eigenvalue weighted by molar-refractivity contribution is 5.92. The molecule has 3 heterocycles. The molecule has 0 aliphatic carbocycles. The molecule has 30 heavy (non-hydrogen) atoms. The van der Waals surface area contributed by atoms with E-state index in [-0.39, 0.29) is 0 Å². The molecule has 0 atom stereocenters. The summed E-state index contributed by atoms with van der Waals surface area (Å²) in [6.07, 6.45) is 3.70. The summed E-state index contributed by atoms with van der Waals surface area (Å²) in [5, 5.41) is 0. The molecule has 0 unspecified atom stereocenters. The van der Waals surface area contributed by atoms with Crippen LogP contribution >= 0.6 is 0 Å². The Kier molecular flexibility index (Phi) is 4.89. The average Bonchev–Trinajstić information content (AvgIpc) is 3.23. The van der Waals surface area contributed by atoms with E-state index in [9.17, 15) is 0 Å². The van der Waals surface area contributed by atoms with Crippen molar-refractivity contribution in [3.05, 3.63) is 67.1 Å². The van der Waals surface area contributed by atoms with Gasteiger partial charge >= 0.3 is 0 Å². The fourth-order valence-corrected chi connectivity index (χ4v) is 3.98. The van der Waals surface area contributed by atoms with E-state index in [1.54, 1.807) is 13.4 Å². The first kappa shape index (κ1) is 18.7. The van der Waals surface area contributed by atoms with Gasteiger partial charge in [-0.05, 0) is 48.5 Å². The van der Waals surface area contributed by atoms with Crippen molar-refractivity contribution in [1.29, 1.82) is 0 Å². The maximum atomic E-state index is 5.84. The Hall–Kier alpha value is -3.31. The number of hydrogen-bond acceptors (Lipinski definition) is 5. The highest BCUT2D eigenvalue weighted by atomic mass is 16.5. The first-order valence-electron chi connectivity index (χ1n) is 10.3. The Balaban J connectivity index is 1.40. The van der Waals surface area contributed by atoms with Gasteiger partial charge in [0, 0.05) is 49.2 Å². The van der Waals surface area contributed by atoms with E-state index in [2.05, 4.69) is 47.2 Å². The van der Waals surface area contributed by atoms with Crippen molar-refractivity contribution in [3.63, 3.8) is 0 Å². The van der Waals surface area contributed by atoms with Crippen molar-refractivity contribution in [1.82, 2.24) is 9.88 Å². The van der Waals surface area contributed by atoms with Crippen LogP contribution < -0.4 is 9.64 Å². The van der Waals surface area contributed by atoms with E-state index in [1.807, 2.05) is 30.5 Å². The quantitative estimate of drug-likeness (QED) is 0.487. The molecule has 5 rings (SSSR count). The standard InChI is InChI=1S/C25H25N3O2/c1-27-11-13-28(14-12-27)21-7-3-18(4-8-21)20-15-24-25(26-16-20)23(17-30-24)19-5-9-22(29-2)10-6-19/h3-10,15-17H,11-14H2,1-2H3. The number of aromatic nitrogens is 1. The molecule has 0 saturated carbocycles. The van der Waals surface area contributed by atoms with Gasteiger partial charge in [-0.1, -0.05) is 24.3 Å². The third-order valence-corrected chi connectivity index (χ3v) is 5.88. The molecule has 1 aliphatic heterocycles. The molecule has 0 bridgehead atoms. The van der Waals surface area contributed by atoms with Crippen LogP contribution in [0.4, 0.5) is 5.69 Å². The van der Waals surface area contributed by atoms with E-state index in [0.717, 1.165) is 65.3 Å². The number of fused-ring (bicyclic) bond motifs is 1. The molecule has 5 nitrogen and oxygen atoms in total. The summed E-state index contributed by atoms with van der Waals surface area (Å²) < 4.78 is 11.1. The van der Waals surface area contributed by atoms with Crippen LogP contribution in [0.25, 0.3) is 33.4 Å². The fraction of sp³-hybridized carbons (Fsp3) is 0.240. The number of ether oxygens (including phenoxy) is 1. The van der Waals surface area contributed by atoms with Crippen molar-refractivity contribution < 1.29 is 9.15 Å². The minimum atomic E-state index is 0.793. The molecule has 2 aromatic heterocycles. The monoisotopic (exact) mass is 399 g/mol. The zero-order chi connectivity index (χ0) is 20.5. The Morgan fingerprint density at radius 3 is 2.27 bits per heavy atom. The number of piperazine rings is 1. The number of pyridine rings is 1. The van der Waals surface area contributed by atoms with Crippen molar-refractivity contribution in [2.75, 3.05) is 45.2 Å². The minimum absolute atomic E-state index is 0.793. The summed E-state index contributed by atoms with van der Waals surface area (Å²) in [7, 11) is 3.85. The van der Waals surface area contributed by atoms with Crippen LogP contribution in [0.2, 0.25) is 0 Å². The molecule has 0 N–H and O–H groups in total. The summed E-state index contributed by atoms with van der Waals surface area (Å²) in [5.74, 6) is 0.835. The van der Waals surface area contributed by atoms with Gasteiger partial charge < -0.3 is 19.0 Å². The van der Waals surface area contributed by atoms with E-state index in [1.165, 1.54) is 5.69 Å². The second-order valence-corrected chi connectivity index (χ2v) is 7.79. The largest absolute Gasteiger partial charge is 0.497 e. The molecule has 0 amide bonds. The smallest absolute Gasteiger partial charge is 0.153 e. The van der Waals surface area contributed by atoms with Crippen LogP contribution in [-0.4, -0.2) is 50.2 Å². The van der Waals surface area contributed by atoms with Crippen LogP contribution in [0.3, 0.4) is 0 Å². The lowest BCUT2D eigenvalue weighted by Crippen LogP contribution is -2.44. The fourth-order valence-electron chi connectivity index (χ4n) is 3.98. The van der Waals surface area contributed by atoms with Gasteiger partial charge in [-0.2, -0.15) is 0 Å². The van der Waals surface area contributed by atoms with Crippen LogP contribution in [0.1, 0.15) is 0 Å². The Bertz CT molecular complexity index is 1140. The lowest BCUT2D eigenvalue weighted by atomic mass is 10.0. The molecular formula is C25H25N3O2. The lowest BCUT2D eigenvalue weighted by molar-refractivity contribution is 0.313. The van der Waals surface area contributed by atoms with Gasteiger partial charge in [0.2, 0.25) is 0 Å². The second kappa shape index (κ2) is 7.84. The van der Waals surface area contributed by atoms with Crippen LogP contribution in [0, 0.1) is 0 Å². The number of benzene rings is 2. The van der Waals surface area contributed by atoms with Crippen molar-refractivity contribution in [2.24, 2.45) is 0 Å². The summed E-state index contributed by atoms with van der Waals surface area (Å²) in [6, 6.07) is 18.8. The Morgan fingerprint density at radius 1 is 0.867 bits per heavy atom. The highest BCUT2D eigenvalue weighted by Gasteiger charge is 2.15. The number of methoxy groups -OCH3 is 1. The van der Waals surface area contributed by atoms with Gasteiger partial charge in [0.1, 0.15) is 17.5 Å². The Morgan fingerprint density at radius 2 is 1.57 bits per heavy atom. The lowest BCUT2D eigenvalue weighted by Gasteiger charge is -2.34. The van der Waals surface area contributed by atoms with Gasteiger partial charge in [0.25, 0.3) is 0 Å². The van der Waals surface area contributed by atoms with Crippen molar-refractivity contribution in [3.8, 4) is 28.0 Å². The summed E-state index contributed by atoms with van der Waals surface area (Å²) in [6.45, 7) is 4.36. The number of rotatable bonds is 4. The molecule has 0 radical (unpaired) electrons. The maximum Gasteiger partial charge on any atom is 0.153 e. The summed E-state index contributed by atoms with van der Waals surface area (Å²) in [5.41, 5.74) is 7.20. The zero-order valence-corrected chi connectivity index (χ0v) is 17.3. The zero-order valence-electron chi connectivity index (χ0n) is 17.3. The first-order chi connectivity index (χ1) is 14.7. The van der Waals surface area contributed by atoms with Gasteiger partial charge in [-0.3, -0.25) is 4.98 Å². The second-order valence-electron chi connectivity index (χ2n) is 7.79. The predicted octanol–water partition coefficient (Wildman–Crippen LogP) is 4.92. The molecule has 1 aliphatic rings. The molecular weight excluding hydrogens is 374 g/mol. The van der Waals surface area contributed by atoms with Crippen LogP contribution in [0.5, 0.6) is 5.75 Å². The van der Waals surface area contributed by atoms with Crippen LogP contribution in [0.15, 0.2) is 71.5 Å². The summed E-state index contributed by atoms with van der Waals surface area (Å²) >= 11 is 0. The molecule has 5 heteroatoms. The number of likely N-dealkylation sites (N-methyl/N-ethyl adjacent to an activating group) is 1. The highest BCUT2D eigenvalue weighted by Crippen LogP contribution is 2.33. The molecule has 1 saturated heterocycles. The van der Waals surface area contributed by atoms with E-state index in [0.29, 0.717) is 0 Å². The Labute approximate surface area is 176 Å². The molecule has 1 fully saturated rings. The number of anilines is 1. The SMILES string of the molecule is COc1ccc(-c2coc3cc(-c4ccc(N5CCN(C)CC5)cc4)cnc23)cc1. The third-order valence-electron chi connectivity index (χ3n) is 5.88. The number of hydrogen-bond donors (Lipinski definition) is 0. The normalized spacial score (nSPS) is 14.9. The number of furan rings is 1. The minimum Gasteiger partial charge on any atom is -0.497 e. The maximum absolute atomic E-state index is 5.84. The van der Waals surface area contributed by atoms with Crippen LogP contribution in [-0.2, 0) is 0 Å². The van der Waals surface area contributed by atoms with Gasteiger partial charge in [-0.15, -0.1) is 0 Å². The van der Waals surface area contributed by atoms with Gasteiger partial charge in [0.15, 0.2) is 5.58 Å². The van der Waals surface area contributed by atoms with Gasteiger partial charge in [0.05, 0.1) is 7.11 Å². The summed E-state index contributed by atoms with van der Waals surface area (Å²) in [4.78, 5) is 9.53. The molecule has 2 aromatic carbocycles. The molecule has 152 valence electrons. The molecule has 0 spiro atoms. The first-order valence-corrected chi connectivity index (χ1v) is 10.3. The van der Waals surface area contributed by atoms with E-state index < -0.39 is 0 Å². The van der Waals surface area contributed by atoms with E-state index >= 15 is 0 Å². The predicted molar refractivity (Wildman–Crippen MR) is 121 cm³/mol. The van der Waals surface area contributed by atoms with Crippen molar-refractivity contribution in [2.45, 2.75) is 0 Å². The molecule has 4 aromatic rings. The third kappa shape index (κ3) is 3.53. The average molecular weight is 399 g/mol. The van der Waals surface area contributed by atoms with E-state index in [4.69, 9.17) is 14.1 Å². The van der Waals surface area contributed by atoms with Gasteiger partial charge in [-0.25, -0.2) is 0 Å². The number of nitrogens with zero attached hydrogens (tertiary/aromatic N) is 3.